The van der Waals surface area contributed by atoms with E-state index in [1.807, 2.05) is 30.3 Å². The summed E-state index contributed by atoms with van der Waals surface area (Å²) >= 11 is 0. The third-order valence-corrected chi connectivity index (χ3v) is 6.18. The van der Waals surface area contributed by atoms with Gasteiger partial charge in [0, 0.05) is 30.8 Å². The Morgan fingerprint density at radius 3 is 2.36 bits per heavy atom. The molecule has 0 saturated carbocycles. The Hall–Kier alpha value is -2.08. The van der Waals surface area contributed by atoms with Gasteiger partial charge in [-0.2, -0.15) is 0 Å². The molecule has 0 fully saturated rings. The molecule has 0 bridgehead atoms. The van der Waals surface area contributed by atoms with Crippen LogP contribution in [0.5, 0.6) is 0 Å². The lowest BCUT2D eigenvalue weighted by molar-refractivity contribution is 0.349. The van der Waals surface area contributed by atoms with Gasteiger partial charge in [0.1, 0.15) is 6.17 Å². The Bertz CT molecular complexity index is 848. The lowest BCUT2D eigenvalue weighted by Crippen LogP contribution is -2.22. The van der Waals surface area contributed by atoms with Crippen molar-refractivity contribution in [3.63, 3.8) is 0 Å². The quantitative estimate of drug-likeness (QED) is 0.820. The first-order valence-corrected chi connectivity index (χ1v) is 9.98. The fraction of sp³-hybridized carbons (Fsp3) is 0.368. The Balaban J connectivity index is 1.60. The van der Waals surface area contributed by atoms with Crippen molar-refractivity contribution in [2.24, 2.45) is 0 Å². The summed E-state index contributed by atoms with van der Waals surface area (Å²) in [7, 11) is -3.33. The predicted molar refractivity (Wildman–Crippen MR) is 100 cm³/mol. The van der Waals surface area contributed by atoms with Crippen molar-refractivity contribution in [1.29, 1.82) is 0 Å². The highest BCUT2D eigenvalue weighted by Gasteiger charge is 2.20. The maximum absolute atomic E-state index is 13.4. The Kier molecular flexibility index (Phi) is 4.99. The van der Waals surface area contributed by atoms with E-state index in [1.165, 1.54) is 0 Å². The topological polar surface area (TPSA) is 58.2 Å². The molecule has 0 saturated heterocycles. The minimum Gasteiger partial charge on any atom is -0.381 e. The number of sulfonamides is 1. The number of halogens is 1. The van der Waals surface area contributed by atoms with Gasteiger partial charge in [-0.25, -0.2) is 12.8 Å². The molecule has 0 aliphatic heterocycles. The number of anilines is 2. The van der Waals surface area contributed by atoms with Crippen molar-refractivity contribution in [2.75, 3.05) is 10.0 Å². The monoisotopic (exact) mass is 362 g/mol. The molecule has 2 N–H and O–H groups in total. The minimum absolute atomic E-state index is 0.474. The number of alkyl halides is 1. The number of nitrogens with one attached hydrogen (secondary N) is 2. The summed E-state index contributed by atoms with van der Waals surface area (Å²) in [5, 5.41) is 2.86. The van der Waals surface area contributed by atoms with E-state index in [4.69, 9.17) is 0 Å². The zero-order valence-electron chi connectivity index (χ0n) is 14.4. The zero-order valence-corrected chi connectivity index (χ0v) is 15.2. The van der Waals surface area contributed by atoms with Gasteiger partial charge in [0.2, 0.25) is 10.0 Å². The molecule has 2 aromatic carbocycles. The summed E-state index contributed by atoms with van der Waals surface area (Å²) in [5.41, 5.74) is 4.74. The van der Waals surface area contributed by atoms with Crippen LogP contribution in [0.4, 0.5) is 15.8 Å². The third kappa shape index (κ3) is 4.31. The lowest BCUT2D eigenvalue weighted by atomic mass is 10.1. The molecular formula is C19H23FN2O2S. The SMILES string of the molecule is CC(C)S(=O)(=O)Nc1ccc(CNc2ccc3c(c2)CC(F)C3)cc1. The maximum atomic E-state index is 13.4. The fourth-order valence-electron chi connectivity index (χ4n) is 2.85. The van der Waals surface area contributed by atoms with Gasteiger partial charge in [0.05, 0.1) is 5.25 Å². The second-order valence-electron chi connectivity index (χ2n) is 6.74. The molecule has 0 heterocycles. The normalized spacial score (nSPS) is 16.7. The minimum atomic E-state index is -3.33. The van der Waals surface area contributed by atoms with Crippen molar-refractivity contribution in [1.82, 2.24) is 0 Å². The van der Waals surface area contributed by atoms with Crippen LogP contribution in [0.1, 0.15) is 30.5 Å². The van der Waals surface area contributed by atoms with Crippen molar-refractivity contribution >= 4 is 21.4 Å². The van der Waals surface area contributed by atoms with Crippen molar-refractivity contribution < 1.29 is 12.8 Å². The predicted octanol–water partition coefficient (Wildman–Crippen LogP) is 3.89. The van der Waals surface area contributed by atoms with E-state index in [9.17, 15) is 12.8 Å². The van der Waals surface area contributed by atoms with E-state index < -0.39 is 21.4 Å². The molecule has 1 aliphatic carbocycles. The average molecular weight is 362 g/mol. The molecule has 6 heteroatoms. The molecule has 1 unspecified atom stereocenters. The molecule has 25 heavy (non-hydrogen) atoms. The standard InChI is InChI=1S/C19H23FN2O2S/c1-13(2)25(23,24)22-18-6-3-14(4-7-18)12-21-19-8-5-15-9-17(20)10-16(15)11-19/h3-8,11,13,17,21-22H,9-10,12H2,1-2H3. The number of hydrogen-bond acceptors (Lipinski definition) is 3. The molecular weight excluding hydrogens is 339 g/mol. The largest absolute Gasteiger partial charge is 0.381 e. The number of fused-ring (bicyclic) bond motifs is 1. The van der Waals surface area contributed by atoms with Crippen molar-refractivity contribution in [3.8, 4) is 0 Å². The Labute approximate surface area is 148 Å². The number of benzene rings is 2. The van der Waals surface area contributed by atoms with Crippen LogP contribution in [-0.2, 0) is 29.4 Å². The molecule has 134 valence electrons. The summed E-state index contributed by atoms with van der Waals surface area (Å²) in [6.45, 7) is 3.90. The van der Waals surface area contributed by atoms with Crippen molar-refractivity contribution in [2.45, 2.75) is 44.7 Å². The third-order valence-electron chi connectivity index (χ3n) is 4.42. The first-order chi connectivity index (χ1) is 11.8. The highest BCUT2D eigenvalue weighted by molar-refractivity contribution is 7.93. The van der Waals surface area contributed by atoms with Crippen LogP contribution in [-0.4, -0.2) is 19.8 Å². The van der Waals surface area contributed by atoms with Crippen LogP contribution in [0.3, 0.4) is 0 Å². The van der Waals surface area contributed by atoms with Crippen LogP contribution >= 0.6 is 0 Å². The van der Waals surface area contributed by atoms with Crippen LogP contribution in [0, 0.1) is 0 Å². The first-order valence-electron chi connectivity index (χ1n) is 8.44. The second kappa shape index (κ2) is 7.04. The maximum Gasteiger partial charge on any atom is 0.235 e. The summed E-state index contributed by atoms with van der Waals surface area (Å²) in [4.78, 5) is 0. The van der Waals surface area contributed by atoms with Crippen LogP contribution < -0.4 is 10.0 Å². The molecule has 1 atom stereocenters. The van der Waals surface area contributed by atoms with Gasteiger partial charge in [0.15, 0.2) is 0 Å². The summed E-state index contributed by atoms with van der Waals surface area (Å²) in [5.74, 6) is 0. The molecule has 3 rings (SSSR count). The zero-order chi connectivity index (χ0) is 18.0. The average Bonchev–Trinajstić information content (AvgIpc) is 2.93. The van der Waals surface area contributed by atoms with Crippen LogP contribution in [0.2, 0.25) is 0 Å². The summed E-state index contributed by atoms with van der Waals surface area (Å²) < 4.78 is 39.7. The van der Waals surface area contributed by atoms with E-state index in [0.717, 1.165) is 22.4 Å². The molecule has 2 aromatic rings. The van der Waals surface area contributed by atoms with Gasteiger partial charge in [-0.15, -0.1) is 0 Å². The first kappa shape index (κ1) is 17.7. The van der Waals surface area contributed by atoms with Gasteiger partial charge in [-0.3, -0.25) is 4.72 Å². The number of hydrogen-bond donors (Lipinski definition) is 2. The van der Waals surface area contributed by atoms with E-state index in [-0.39, 0.29) is 0 Å². The summed E-state index contributed by atoms with van der Waals surface area (Å²) in [6, 6.07) is 13.3. The Morgan fingerprint density at radius 1 is 1.04 bits per heavy atom. The van der Waals surface area contributed by atoms with Gasteiger partial charge in [0.25, 0.3) is 0 Å². The molecule has 1 aliphatic rings. The van der Waals surface area contributed by atoms with E-state index >= 15 is 0 Å². The molecule has 0 radical (unpaired) electrons. The van der Waals surface area contributed by atoms with E-state index in [2.05, 4.69) is 10.0 Å². The van der Waals surface area contributed by atoms with Gasteiger partial charge in [-0.05, 0) is 54.8 Å². The highest BCUT2D eigenvalue weighted by atomic mass is 32.2. The molecule has 0 aromatic heterocycles. The highest BCUT2D eigenvalue weighted by Crippen LogP contribution is 2.27. The van der Waals surface area contributed by atoms with E-state index in [1.54, 1.807) is 26.0 Å². The van der Waals surface area contributed by atoms with Gasteiger partial charge < -0.3 is 5.32 Å². The van der Waals surface area contributed by atoms with Gasteiger partial charge >= 0.3 is 0 Å². The van der Waals surface area contributed by atoms with Crippen molar-refractivity contribution in [3.05, 3.63) is 59.2 Å². The lowest BCUT2D eigenvalue weighted by Gasteiger charge is -2.12. The van der Waals surface area contributed by atoms with Crippen LogP contribution in [0.25, 0.3) is 0 Å². The Morgan fingerprint density at radius 2 is 1.68 bits per heavy atom. The molecule has 0 amide bonds. The molecule has 0 spiro atoms. The fourth-order valence-corrected chi connectivity index (χ4v) is 3.55. The summed E-state index contributed by atoms with van der Waals surface area (Å²) in [6.07, 6.45) is 0.256. The van der Waals surface area contributed by atoms with Crippen LogP contribution in [0.15, 0.2) is 42.5 Å². The second-order valence-corrected chi connectivity index (χ2v) is 8.97. The molecule has 4 nitrogen and oxygen atoms in total. The van der Waals surface area contributed by atoms with E-state index in [0.29, 0.717) is 25.1 Å². The smallest absolute Gasteiger partial charge is 0.235 e. The number of rotatable bonds is 6. The van der Waals surface area contributed by atoms with Gasteiger partial charge in [-0.1, -0.05) is 18.2 Å².